The monoisotopic (exact) mass is 443 g/mol. The van der Waals surface area contributed by atoms with Gasteiger partial charge in [0, 0.05) is 30.1 Å². The number of halogens is 2. The number of hydrogen-bond acceptors (Lipinski definition) is 5. The van der Waals surface area contributed by atoms with Gasteiger partial charge in [0.05, 0.1) is 47.2 Å². The Morgan fingerprint density at radius 3 is 2.77 bits per heavy atom. The van der Waals surface area contributed by atoms with Crippen molar-refractivity contribution in [2.45, 2.75) is 25.0 Å². The van der Waals surface area contributed by atoms with Gasteiger partial charge in [-0.25, -0.2) is 9.97 Å². The van der Waals surface area contributed by atoms with Gasteiger partial charge in [0.2, 0.25) is 0 Å². The van der Waals surface area contributed by atoms with Crippen LogP contribution >= 0.6 is 23.2 Å². The fourth-order valence-electron chi connectivity index (χ4n) is 4.71. The van der Waals surface area contributed by atoms with E-state index in [1.54, 1.807) is 12.4 Å². The van der Waals surface area contributed by atoms with Gasteiger partial charge in [-0.1, -0.05) is 41.4 Å². The summed E-state index contributed by atoms with van der Waals surface area (Å²) < 4.78 is 7.89. The van der Waals surface area contributed by atoms with Crippen molar-refractivity contribution in [3.05, 3.63) is 59.6 Å². The van der Waals surface area contributed by atoms with Crippen molar-refractivity contribution in [2.24, 2.45) is 11.1 Å². The number of ether oxygens (including phenoxy) is 1. The normalized spacial score (nSPS) is 23.4. The lowest BCUT2D eigenvalue weighted by Crippen LogP contribution is -2.51. The number of nitrogens with two attached hydrogens (primary N) is 1. The molecule has 0 radical (unpaired) electrons. The highest BCUT2D eigenvalue weighted by Gasteiger charge is 2.48. The fourth-order valence-corrected chi connectivity index (χ4v) is 5.11. The van der Waals surface area contributed by atoms with Crippen LogP contribution in [0.25, 0.3) is 16.8 Å². The summed E-state index contributed by atoms with van der Waals surface area (Å²) >= 11 is 12.7. The number of nitrogens with zero attached hydrogens (tertiary/aromatic N) is 4. The Hall–Kier alpha value is -2.12. The Morgan fingerprint density at radius 2 is 2.03 bits per heavy atom. The van der Waals surface area contributed by atoms with Crippen LogP contribution in [-0.4, -0.2) is 46.2 Å². The molecule has 4 heterocycles. The van der Waals surface area contributed by atoms with Crippen molar-refractivity contribution >= 4 is 34.5 Å². The van der Waals surface area contributed by atoms with E-state index in [4.69, 9.17) is 38.7 Å². The number of benzene rings is 1. The molecule has 30 heavy (non-hydrogen) atoms. The SMILES string of the molecule is C=C[C@@H]1OCC2(CCN(c3ncc(-c4cccc(Cl)c4Cl)n4cncc34)CC2)[C@@H]1N. The standard InChI is InChI=1S/C22H23Cl2N5O/c1-2-18-20(25)22(12-30-18)6-8-28(9-7-22)21-17-10-26-13-29(17)16(11-27-21)14-4-3-5-15(23)19(14)24/h2-5,10-11,13,18,20H,1,6-9,12,25H2/t18-,20+/m0/s1. The van der Waals surface area contributed by atoms with Crippen molar-refractivity contribution in [3.8, 4) is 11.3 Å². The second-order valence-corrected chi connectivity index (χ2v) is 8.89. The Kier molecular flexibility index (Phi) is 4.98. The van der Waals surface area contributed by atoms with Crippen LogP contribution < -0.4 is 10.6 Å². The summed E-state index contributed by atoms with van der Waals surface area (Å²) in [4.78, 5) is 11.5. The van der Waals surface area contributed by atoms with E-state index in [2.05, 4.69) is 16.5 Å². The first-order chi connectivity index (χ1) is 14.5. The smallest absolute Gasteiger partial charge is 0.154 e. The molecule has 0 saturated carbocycles. The molecule has 3 aromatic rings. The first-order valence-electron chi connectivity index (χ1n) is 10.0. The average molecular weight is 444 g/mol. The third-order valence-corrected chi connectivity index (χ3v) is 7.40. The topological polar surface area (TPSA) is 68.7 Å². The molecule has 8 heteroatoms. The van der Waals surface area contributed by atoms with Crippen LogP contribution in [0.2, 0.25) is 10.0 Å². The molecule has 2 aliphatic heterocycles. The number of imidazole rings is 1. The molecule has 0 bridgehead atoms. The zero-order chi connectivity index (χ0) is 20.9. The zero-order valence-corrected chi connectivity index (χ0v) is 18.0. The molecule has 1 aromatic carbocycles. The van der Waals surface area contributed by atoms with Crippen LogP contribution in [0.15, 0.2) is 49.6 Å². The summed E-state index contributed by atoms with van der Waals surface area (Å²) in [6.07, 6.45) is 9.15. The molecule has 0 amide bonds. The number of anilines is 1. The van der Waals surface area contributed by atoms with Crippen molar-refractivity contribution in [1.29, 1.82) is 0 Å². The number of hydrogen-bond donors (Lipinski definition) is 1. The van der Waals surface area contributed by atoms with E-state index in [0.29, 0.717) is 16.7 Å². The summed E-state index contributed by atoms with van der Waals surface area (Å²) in [5.41, 5.74) is 9.14. The van der Waals surface area contributed by atoms with Gasteiger partial charge in [-0.3, -0.25) is 4.40 Å². The summed E-state index contributed by atoms with van der Waals surface area (Å²) in [6, 6.07) is 5.59. The Labute approximate surface area is 185 Å². The van der Waals surface area contributed by atoms with Crippen LogP contribution in [0, 0.1) is 5.41 Å². The Balaban J connectivity index is 1.45. The first-order valence-corrected chi connectivity index (χ1v) is 10.8. The van der Waals surface area contributed by atoms with Gasteiger partial charge in [0.15, 0.2) is 5.82 Å². The maximum atomic E-state index is 6.50. The van der Waals surface area contributed by atoms with E-state index in [1.807, 2.05) is 35.0 Å². The van der Waals surface area contributed by atoms with Crippen LogP contribution in [0.4, 0.5) is 5.82 Å². The third kappa shape index (κ3) is 3.02. The molecule has 2 fully saturated rings. The van der Waals surface area contributed by atoms with Gasteiger partial charge in [0.25, 0.3) is 0 Å². The molecule has 2 saturated heterocycles. The largest absolute Gasteiger partial charge is 0.372 e. The third-order valence-electron chi connectivity index (χ3n) is 6.58. The maximum absolute atomic E-state index is 6.50. The summed E-state index contributed by atoms with van der Waals surface area (Å²) in [5, 5.41) is 1.02. The van der Waals surface area contributed by atoms with E-state index in [-0.39, 0.29) is 17.6 Å². The average Bonchev–Trinajstić information content (AvgIpc) is 3.36. The van der Waals surface area contributed by atoms with Crippen molar-refractivity contribution in [2.75, 3.05) is 24.6 Å². The molecule has 6 nitrogen and oxygen atoms in total. The fraction of sp³-hybridized carbons (Fsp3) is 0.364. The highest BCUT2D eigenvalue weighted by Crippen LogP contribution is 2.43. The zero-order valence-electron chi connectivity index (χ0n) is 16.5. The molecular weight excluding hydrogens is 421 g/mol. The minimum Gasteiger partial charge on any atom is -0.372 e. The molecule has 2 atom stereocenters. The van der Waals surface area contributed by atoms with E-state index < -0.39 is 0 Å². The Morgan fingerprint density at radius 1 is 1.23 bits per heavy atom. The number of aromatic nitrogens is 3. The predicted octanol–water partition coefficient (Wildman–Crippen LogP) is 4.20. The van der Waals surface area contributed by atoms with Crippen molar-refractivity contribution < 1.29 is 4.74 Å². The van der Waals surface area contributed by atoms with Crippen LogP contribution in [-0.2, 0) is 4.74 Å². The summed E-state index contributed by atoms with van der Waals surface area (Å²) in [7, 11) is 0. The minimum atomic E-state index is -0.0575. The van der Waals surface area contributed by atoms with E-state index in [1.165, 1.54) is 0 Å². The molecule has 156 valence electrons. The van der Waals surface area contributed by atoms with Crippen LogP contribution in [0.5, 0.6) is 0 Å². The number of fused-ring (bicyclic) bond motifs is 1. The minimum absolute atomic E-state index is 0.00700. The lowest BCUT2D eigenvalue weighted by molar-refractivity contribution is 0.110. The number of rotatable bonds is 3. The summed E-state index contributed by atoms with van der Waals surface area (Å²) in [6.45, 7) is 6.28. The highest BCUT2D eigenvalue weighted by molar-refractivity contribution is 6.43. The van der Waals surface area contributed by atoms with Gasteiger partial charge in [-0.2, -0.15) is 0 Å². The van der Waals surface area contributed by atoms with E-state index in [0.717, 1.165) is 48.5 Å². The Bertz CT molecular complexity index is 1110. The second kappa shape index (κ2) is 7.54. The quantitative estimate of drug-likeness (QED) is 0.614. The van der Waals surface area contributed by atoms with Gasteiger partial charge in [-0.05, 0) is 18.9 Å². The van der Waals surface area contributed by atoms with E-state index >= 15 is 0 Å². The molecule has 5 rings (SSSR count). The molecule has 2 N–H and O–H groups in total. The van der Waals surface area contributed by atoms with Gasteiger partial charge >= 0.3 is 0 Å². The molecule has 2 aromatic heterocycles. The molecule has 0 aliphatic carbocycles. The second-order valence-electron chi connectivity index (χ2n) is 8.10. The van der Waals surface area contributed by atoms with Crippen molar-refractivity contribution in [1.82, 2.24) is 14.4 Å². The summed E-state index contributed by atoms with van der Waals surface area (Å²) in [5.74, 6) is 0.914. The maximum Gasteiger partial charge on any atom is 0.154 e. The van der Waals surface area contributed by atoms with Gasteiger partial charge < -0.3 is 15.4 Å². The molecular formula is C22H23Cl2N5O. The van der Waals surface area contributed by atoms with Gasteiger partial charge in [-0.15, -0.1) is 6.58 Å². The van der Waals surface area contributed by atoms with Crippen molar-refractivity contribution in [3.63, 3.8) is 0 Å². The van der Waals surface area contributed by atoms with Crippen LogP contribution in [0.3, 0.4) is 0 Å². The predicted molar refractivity (Wildman–Crippen MR) is 120 cm³/mol. The van der Waals surface area contributed by atoms with E-state index in [9.17, 15) is 0 Å². The molecule has 0 unspecified atom stereocenters. The van der Waals surface area contributed by atoms with Crippen LogP contribution in [0.1, 0.15) is 12.8 Å². The molecule has 2 aliphatic rings. The highest BCUT2D eigenvalue weighted by atomic mass is 35.5. The number of piperidine rings is 1. The molecule has 1 spiro atoms. The first kappa shape index (κ1) is 19.8. The van der Waals surface area contributed by atoms with Gasteiger partial charge in [0.1, 0.15) is 5.52 Å². The lowest BCUT2D eigenvalue weighted by atomic mass is 9.73. The lowest BCUT2D eigenvalue weighted by Gasteiger charge is -2.41.